The molecule has 1 fully saturated rings. The van der Waals surface area contributed by atoms with Crippen LogP contribution in [-0.2, 0) is 6.54 Å². The first kappa shape index (κ1) is 14.5. The van der Waals surface area contributed by atoms with Crippen LogP contribution in [0.15, 0.2) is 29.9 Å². The lowest BCUT2D eigenvalue weighted by molar-refractivity contribution is 0.0882. The highest BCUT2D eigenvalue weighted by Gasteiger charge is 2.30. The van der Waals surface area contributed by atoms with Gasteiger partial charge in [-0.05, 0) is 26.0 Å². The van der Waals surface area contributed by atoms with Crippen LogP contribution in [0.4, 0.5) is 0 Å². The average molecular weight is 326 g/mol. The molecule has 0 unspecified atom stereocenters. The molecule has 0 aromatic carbocycles. The molecule has 3 aromatic heterocycles. The van der Waals surface area contributed by atoms with Gasteiger partial charge in [0, 0.05) is 43.1 Å². The second-order valence-electron chi connectivity index (χ2n) is 5.94. The molecule has 0 N–H and O–H groups in total. The van der Waals surface area contributed by atoms with Crippen molar-refractivity contribution in [3.8, 4) is 10.8 Å². The summed E-state index contributed by atoms with van der Waals surface area (Å²) in [7, 11) is 0. The van der Waals surface area contributed by atoms with Crippen molar-refractivity contribution >= 4 is 11.3 Å². The zero-order valence-corrected chi connectivity index (χ0v) is 14.0. The Morgan fingerprint density at radius 2 is 2.00 bits per heavy atom. The van der Waals surface area contributed by atoms with Crippen molar-refractivity contribution in [3.05, 3.63) is 47.0 Å². The van der Waals surface area contributed by atoms with Crippen LogP contribution in [0.25, 0.3) is 10.8 Å². The predicted octanol–water partition coefficient (Wildman–Crippen LogP) is 2.47. The van der Waals surface area contributed by atoms with Gasteiger partial charge in [0.1, 0.15) is 0 Å². The molecule has 0 spiro atoms. The van der Waals surface area contributed by atoms with Crippen molar-refractivity contribution in [3.63, 3.8) is 0 Å². The lowest BCUT2D eigenvalue weighted by Crippen LogP contribution is -2.47. The number of aryl methyl sites for hydroxylation is 2. The van der Waals surface area contributed by atoms with Crippen molar-refractivity contribution in [1.82, 2.24) is 29.6 Å². The lowest BCUT2D eigenvalue weighted by Gasteiger charge is -2.39. The maximum atomic E-state index is 4.65. The number of hydrogen-bond donors (Lipinski definition) is 0. The van der Waals surface area contributed by atoms with Crippen molar-refractivity contribution in [2.45, 2.75) is 26.4 Å². The normalized spacial score (nSPS) is 15.7. The first-order valence-electron chi connectivity index (χ1n) is 7.66. The SMILES string of the molecule is Cc1cc(C)n(C2CN(Cc3csc(-c4ncccn4)n3)C2)n1. The summed E-state index contributed by atoms with van der Waals surface area (Å²) in [5.74, 6) is 0.702. The Balaban J connectivity index is 1.38. The molecule has 0 aliphatic carbocycles. The van der Waals surface area contributed by atoms with Gasteiger partial charge in [0.05, 0.1) is 17.4 Å². The van der Waals surface area contributed by atoms with Crippen LogP contribution in [0.3, 0.4) is 0 Å². The van der Waals surface area contributed by atoms with Gasteiger partial charge in [-0.25, -0.2) is 15.0 Å². The summed E-state index contributed by atoms with van der Waals surface area (Å²) in [4.78, 5) is 15.5. The van der Waals surface area contributed by atoms with E-state index in [9.17, 15) is 0 Å². The zero-order chi connectivity index (χ0) is 15.8. The van der Waals surface area contributed by atoms with Gasteiger partial charge in [-0.1, -0.05) is 0 Å². The van der Waals surface area contributed by atoms with E-state index in [4.69, 9.17) is 0 Å². The summed E-state index contributed by atoms with van der Waals surface area (Å²) in [5, 5.41) is 7.56. The van der Waals surface area contributed by atoms with Crippen LogP contribution in [0.2, 0.25) is 0 Å². The number of aromatic nitrogens is 5. The van der Waals surface area contributed by atoms with Crippen molar-refractivity contribution in [1.29, 1.82) is 0 Å². The fourth-order valence-corrected chi connectivity index (χ4v) is 3.72. The predicted molar refractivity (Wildman–Crippen MR) is 89.2 cm³/mol. The lowest BCUT2D eigenvalue weighted by atomic mass is 10.1. The molecule has 0 bridgehead atoms. The Hall–Kier alpha value is -2.12. The first-order chi connectivity index (χ1) is 11.2. The van der Waals surface area contributed by atoms with Crippen LogP contribution < -0.4 is 0 Å². The number of likely N-dealkylation sites (tertiary alicyclic amines) is 1. The van der Waals surface area contributed by atoms with Gasteiger partial charge < -0.3 is 0 Å². The van der Waals surface area contributed by atoms with Gasteiger partial charge in [-0.15, -0.1) is 11.3 Å². The van der Waals surface area contributed by atoms with E-state index in [0.717, 1.165) is 36.0 Å². The first-order valence-corrected chi connectivity index (χ1v) is 8.54. The minimum atomic E-state index is 0.485. The van der Waals surface area contributed by atoms with Crippen LogP contribution in [0.1, 0.15) is 23.1 Å². The summed E-state index contributed by atoms with van der Waals surface area (Å²) in [6, 6.07) is 4.44. The summed E-state index contributed by atoms with van der Waals surface area (Å²) in [5.41, 5.74) is 3.42. The van der Waals surface area contributed by atoms with E-state index < -0.39 is 0 Å². The maximum absolute atomic E-state index is 4.65. The van der Waals surface area contributed by atoms with Gasteiger partial charge in [-0.3, -0.25) is 9.58 Å². The van der Waals surface area contributed by atoms with E-state index in [1.807, 2.05) is 13.0 Å². The smallest absolute Gasteiger partial charge is 0.188 e. The summed E-state index contributed by atoms with van der Waals surface area (Å²) in [6.45, 7) is 7.09. The molecule has 0 saturated carbocycles. The molecule has 3 aromatic rings. The molecule has 23 heavy (non-hydrogen) atoms. The van der Waals surface area contributed by atoms with Crippen LogP contribution in [0, 0.1) is 13.8 Å². The van der Waals surface area contributed by atoms with E-state index in [0.29, 0.717) is 11.9 Å². The third-order valence-corrected chi connectivity index (χ3v) is 4.91. The summed E-state index contributed by atoms with van der Waals surface area (Å²) >= 11 is 1.60. The molecule has 1 saturated heterocycles. The van der Waals surface area contributed by atoms with E-state index in [2.05, 4.69) is 48.0 Å². The maximum Gasteiger partial charge on any atom is 0.188 e. The topological polar surface area (TPSA) is 59.7 Å². The molecule has 4 heterocycles. The van der Waals surface area contributed by atoms with Gasteiger partial charge in [0.15, 0.2) is 10.8 Å². The van der Waals surface area contributed by atoms with E-state index in [1.165, 1.54) is 5.69 Å². The molecule has 1 aliphatic heterocycles. The molecule has 118 valence electrons. The van der Waals surface area contributed by atoms with E-state index in [1.54, 1.807) is 23.7 Å². The second kappa shape index (κ2) is 5.82. The fraction of sp³-hybridized carbons (Fsp3) is 0.375. The minimum absolute atomic E-state index is 0.485. The summed E-state index contributed by atoms with van der Waals surface area (Å²) < 4.78 is 2.15. The highest BCUT2D eigenvalue weighted by molar-refractivity contribution is 7.13. The largest absolute Gasteiger partial charge is 0.293 e. The second-order valence-corrected chi connectivity index (χ2v) is 6.79. The highest BCUT2D eigenvalue weighted by Crippen LogP contribution is 2.26. The Labute approximate surface area is 138 Å². The third-order valence-electron chi connectivity index (χ3n) is 4.02. The molecular weight excluding hydrogens is 308 g/mol. The van der Waals surface area contributed by atoms with Crippen molar-refractivity contribution in [2.24, 2.45) is 0 Å². The molecule has 0 radical (unpaired) electrons. The summed E-state index contributed by atoms with van der Waals surface area (Å²) in [6.07, 6.45) is 3.50. The van der Waals surface area contributed by atoms with E-state index in [-0.39, 0.29) is 0 Å². The van der Waals surface area contributed by atoms with Gasteiger partial charge >= 0.3 is 0 Å². The van der Waals surface area contributed by atoms with Gasteiger partial charge in [0.2, 0.25) is 0 Å². The van der Waals surface area contributed by atoms with Crippen molar-refractivity contribution < 1.29 is 0 Å². The van der Waals surface area contributed by atoms with Crippen LogP contribution in [0.5, 0.6) is 0 Å². The Morgan fingerprint density at radius 3 is 2.70 bits per heavy atom. The highest BCUT2D eigenvalue weighted by atomic mass is 32.1. The monoisotopic (exact) mass is 326 g/mol. The molecule has 1 aliphatic rings. The molecule has 6 nitrogen and oxygen atoms in total. The molecule has 7 heteroatoms. The average Bonchev–Trinajstić information content (AvgIpc) is 3.10. The molecular formula is C16H18N6S. The van der Waals surface area contributed by atoms with Crippen LogP contribution in [-0.4, -0.2) is 42.7 Å². The number of rotatable bonds is 4. The number of thiazole rings is 1. The fourth-order valence-electron chi connectivity index (χ4n) is 2.96. The molecule has 0 atom stereocenters. The minimum Gasteiger partial charge on any atom is -0.293 e. The number of nitrogens with zero attached hydrogens (tertiary/aromatic N) is 6. The quantitative estimate of drug-likeness (QED) is 0.737. The Kier molecular flexibility index (Phi) is 3.66. The van der Waals surface area contributed by atoms with Gasteiger partial charge in [-0.2, -0.15) is 5.10 Å². The Morgan fingerprint density at radius 1 is 1.22 bits per heavy atom. The van der Waals surface area contributed by atoms with Crippen LogP contribution >= 0.6 is 11.3 Å². The zero-order valence-electron chi connectivity index (χ0n) is 13.2. The van der Waals surface area contributed by atoms with E-state index >= 15 is 0 Å². The van der Waals surface area contributed by atoms with Gasteiger partial charge in [0.25, 0.3) is 0 Å². The Bertz CT molecular complexity index is 803. The third kappa shape index (κ3) is 2.89. The standard InChI is InChI=1S/C16H18N6S/c1-11-6-12(2)22(20-11)14-8-21(9-14)7-13-10-23-16(19-13)15-17-4-3-5-18-15/h3-6,10,14H,7-9H2,1-2H3. The molecule has 4 rings (SSSR count). The van der Waals surface area contributed by atoms with Crippen molar-refractivity contribution in [2.75, 3.05) is 13.1 Å². The molecule has 0 amide bonds. The number of hydrogen-bond acceptors (Lipinski definition) is 6.